The zero-order valence-corrected chi connectivity index (χ0v) is 12.2. The lowest BCUT2D eigenvalue weighted by Crippen LogP contribution is -2.22. The van der Waals surface area contributed by atoms with Gasteiger partial charge in [0.25, 0.3) is 0 Å². The van der Waals surface area contributed by atoms with E-state index < -0.39 is 0 Å². The van der Waals surface area contributed by atoms with E-state index >= 15 is 0 Å². The van der Waals surface area contributed by atoms with E-state index in [9.17, 15) is 0 Å². The third kappa shape index (κ3) is 4.08. The van der Waals surface area contributed by atoms with E-state index in [0.29, 0.717) is 5.92 Å². The topological polar surface area (TPSA) is 29.9 Å². The number of rotatable bonds is 6. The molecule has 4 heteroatoms. The van der Waals surface area contributed by atoms with Gasteiger partial charge in [0.05, 0.1) is 6.20 Å². The summed E-state index contributed by atoms with van der Waals surface area (Å²) in [5.41, 5.74) is 2.49. The molecule has 3 nitrogen and oxygen atoms in total. The SMILES string of the molecule is CNCC(Cc1cnn(C)c1)Cc1ccccc1Cl. The van der Waals surface area contributed by atoms with Crippen molar-refractivity contribution in [2.24, 2.45) is 13.0 Å². The number of nitrogens with one attached hydrogen (secondary N) is 1. The molecule has 0 bridgehead atoms. The standard InChI is InChI=1S/C15H20ClN3/c1-17-9-12(7-13-10-18-19(2)11-13)8-14-5-3-4-6-15(14)16/h3-6,10-12,17H,7-9H2,1-2H3. The average molecular weight is 278 g/mol. The van der Waals surface area contributed by atoms with Crippen LogP contribution in [0.1, 0.15) is 11.1 Å². The number of benzene rings is 1. The van der Waals surface area contributed by atoms with Crippen LogP contribution in [0.25, 0.3) is 0 Å². The highest BCUT2D eigenvalue weighted by Gasteiger charge is 2.12. The lowest BCUT2D eigenvalue weighted by Gasteiger charge is -2.16. The lowest BCUT2D eigenvalue weighted by atomic mass is 9.93. The molecule has 0 radical (unpaired) electrons. The molecule has 2 aromatic rings. The maximum Gasteiger partial charge on any atom is 0.0521 e. The molecule has 2 rings (SSSR count). The summed E-state index contributed by atoms with van der Waals surface area (Å²) in [7, 11) is 3.94. The first-order valence-corrected chi connectivity index (χ1v) is 6.92. The predicted molar refractivity (Wildman–Crippen MR) is 79.5 cm³/mol. The highest BCUT2D eigenvalue weighted by Crippen LogP contribution is 2.20. The molecule has 1 aromatic heterocycles. The summed E-state index contributed by atoms with van der Waals surface area (Å²) in [6, 6.07) is 8.08. The Morgan fingerprint density at radius 3 is 2.74 bits per heavy atom. The maximum absolute atomic E-state index is 6.24. The summed E-state index contributed by atoms with van der Waals surface area (Å²) in [4.78, 5) is 0. The van der Waals surface area contributed by atoms with Crippen LogP contribution >= 0.6 is 11.6 Å². The number of halogens is 1. The van der Waals surface area contributed by atoms with Crippen LogP contribution in [0.5, 0.6) is 0 Å². The zero-order valence-electron chi connectivity index (χ0n) is 11.4. The third-order valence-corrected chi connectivity index (χ3v) is 3.61. The Hall–Kier alpha value is -1.32. The second-order valence-corrected chi connectivity index (χ2v) is 5.35. The van der Waals surface area contributed by atoms with Gasteiger partial charge >= 0.3 is 0 Å². The van der Waals surface area contributed by atoms with E-state index in [2.05, 4.69) is 22.7 Å². The first-order chi connectivity index (χ1) is 9.19. The average Bonchev–Trinajstić information content (AvgIpc) is 2.78. The van der Waals surface area contributed by atoms with Gasteiger partial charge < -0.3 is 5.32 Å². The molecule has 1 heterocycles. The van der Waals surface area contributed by atoms with Gasteiger partial charge in [-0.2, -0.15) is 5.10 Å². The van der Waals surface area contributed by atoms with Crippen LogP contribution in [0.2, 0.25) is 5.02 Å². The highest BCUT2D eigenvalue weighted by atomic mass is 35.5. The van der Waals surface area contributed by atoms with Gasteiger partial charge in [0.2, 0.25) is 0 Å². The molecule has 1 N–H and O–H groups in total. The molecular weight excluding hydrogens is 258 g/mol. The lowest BCUT2D eigenvalue weighted by molar-refractivity contribution is 0.493. The molecule has 0 aliphatic rings. The molecular formula is C15H20ClN3. The van der Waals surface area contributed by atoms with Gasteiger partial charge in [-0.15, -0.1) is 0 Å². The summed E-state index contributed by atoms with van der Waals surface area (Å²) in [6.45, 7) is 0.972. The van der Waals surface area contributed by atoms with Crippen LogP contribution in [-0.2, 0) is 19.9 Å². The van der Waals surface area contributed by atoms with E-state index in [4.69, 9.17) is 11.6 Å². The van der Waals surface area contributed by atoms with Gasteiger partial charge in [-0.1, -0.05) is 29.8 Å². The predicted octanol–water partition coefficient (Wildman–Crippen LogP) is 2.69. The Morgan fingerprint density at radius 1 is 1.32 bits per heavy atom. The molecule has 1 atom stereocenters. The van der Waals surface area contributed by atoms with Gasteiger partial charge in [-0.25, -0.2) is 0 Å². The largest absolute Gasteiger partial charge is 0.319 e. The van der Waals surface area contributed by atoms with Crippen LogP contribution < -0.4 is 5.32 Å². The van der Waals surface area contributed by atoms with Crippen LogP contribution in [0.4, 0.5) is 0 Å². The van der Waals surface area contributed by atoms with Gasteiger partial charge in [-0.3, -0.25) is 4.68 Å². The second-order valence-electron chi connectivity index (χ2n) is 4.95. The van der Waals surface area contributed by atoms with Crippen molar-refractivity contribution in [3.8, 4) is 0 Å². The number of hydrogen-bond donors (Lipinski definition) is 1. The highest BCUT2D eigenvalue weighted by molar-refractivity contribution is 6.31. The smallest absolute Gasteiger partial charge is 0.0521 e. The molecule has 0 aliphatic carbocycles. The summed E-state index contributed by atoms with van der Waals surface area (Å²) in [6.07, 6.45) is 6.01. The number of hydrogen-bond acceptors (Lipinski definition) is 2. The van der Waals surface area contributed by atoms with Crippen molar-refractivity contribution < 1.29 is 0 Å². The van der Waals surface area contributed by atoms with Gasteiger partial charge in [0, 0.05) is 18.3 Å². The summed E-state index contributed by atoms with van der Waals surface area (Å²) >= 11 is 6.24. The molecule has 0 aliphatic heterocycles. The van der Waals surface area contributed by atoms with Crippen LogP contribution in [0.15, 0.2) is 36.7 Å². The van der Waals surface area contributed by atoms with E-state index in [1.807, 2.05) is 43.2 Å². The molecule has 0 amide bonds. The Labute approximate surface area is 119 Å². The molecule has 19 heavy (non-hydrogen) atoms. The van der Waals surface area contributed by atoms with Crippen molar-refractivity contribution >= 4 is 11.6 Å². The molecule has 1 unspecified atom stereocenters. The number of aryl methyl sites for hydroxylation is 1. The van der Waals surface area contributed by atoms with Crippen LogP contribution in [-0.4, -0.2) is 23.4 Å². The first kappa shape index (κ1) is 14.1. The van der Waals surface area contributed by atoms with Crippen molar-refractivity contribution in [1.29, 1.82) is 0 Å². The van der Waals surface area contributed by atoms with E-state index in [1.165, 1.54) is 11.1 Å². The van der Waals surface area contributed by atoms with E-state index in [1.54, 1.807) is 0 Å². The van der Waals surface area contributed by atoms with Crippen molar-refractivity contribution in [2.75, 3.05) is 13.6 Å². The fraction of sp³-hybridized carbons (Fsp3) is 0.400. The van der Waals surface area contributed by atoms with Crippen molar-refractivity contribution in [3.63, 3.8) is 0 Å². The fourth-order valence-corrected chi connectivity index (χ4v) is 2.60. The monoisotopic (exact) mass is 277 g/mol. The van der Waals surface area contributed by atoms with E-state index in [-0.39, 0.29) is 0 Å². The minimum absolute atomic E-state index is 0.522. The Bertz CT molecular complexity index is 522. The molecule has 0 saturated carbocycles. The minimum atomic E-state index is 0.522. The third-order valence-electron chi connectivity index (χ3n) is 3.24. The maximum atomic E-state index is 6.24. The van der Waals surface area contributed by atoms with Crippen molar-refractivity contribution in [3.05, 3.63) is 52.8 Å². The Kier molecular flexibility index (Phi) is 5.00. The quantitative estimate of drug-likeness (QED) is 0.880. The molecule has 0 fully saturated rings. The molecule has 1 aromatic carbocycles. The molecule has 0 spiro atoms. The Balaban J connectivity index is 2.06. The van der Waals surface area contributed by atoms with Crippen molar-refractivity contribution in [2.45, 2.75) is 12.8 Å². The van der Waals surface area contributed by atoms with Crippen LogP contribution in [0, 0.1) is 5.92 Å². The van der Waals surface area contributed by atoms with E-state index in [0.717, 1.165) is 24.4 Å². The van der Waals surface area contributed by atoms with Crippen LogP contribution in [0.3, 0.4) is 0 Å². The second kappa shape index (κ2) is 6.73. The number of aromatic nitrogens is 2. The molecule has 102 valence electrons. The first-order valence-electron chi connectivity index (χ1n) is 6.54. The summed E-state index contributed by atoms with van der Waals surface area (Å²) in [5, 5.41) is 8.35. The van der Waals surface area contributed by atoms with Gasteiger partial charge in [0.1, 0.15) is 0 Å². The fourth-order valence-electron chi connectivity index (χ4n) is 2.39. The minimum Gasteiger partial charge on any atom is -0.319 e. The summed E-state index contributed by atoms with van der Waals surface area (Å²) in [5.74, 6) is 0.522. The van der Waals surface area contributed by atoms with Gasteiger partial charge in [-0.05, 0) is 49.5 Å². The zero-order chi connectivity index (χ0) is 13.7. The van der Waals surface area contributed by atoms with Gasteiger partial charge in [0.15, 0.2) is 0 Å². The number of nitrogens with zero attached hydrogens (tertiary/aromatic N) is 2. The normalized spacial score (nSPS) is 12.6. The molecule has 0 saturated heterocycles. The summed E-state index contributed by atoms with van der Waals surface area (Å²) < 4.78 is 1.85. The van der Waals surface area contributed by atoms with Crippen molar-refractivity contribution in [1.82, 2.24) is 15.1 Å². The Morgan fingerprint density at radius 2 is 2.11 bits per heavy atom.